The average molecular weight is 1780 g/mol. The number of carboxylic acids is 2. The molecule has 0 aromatic carbocycles. The summed E-state index contributed by atoms with van der Waals surface area (Å²) >= 11 is 0. The van der Waals surface area contributed by atoms with E-state index in [0.29, 0.717) is 12.8 Å². The van der Waals surface area contributed by atoms with Gasteiger partial charge in [-0.05, 0) is 19.3 Å². The number of allylic oxidation sites excluding steroid dienone is 1. The van der Waals surface area contributed by atoms with Gasteiger partial charge in [0.15, 0.2) is 25.2 Å². The second kappa shape index (κ2) is 55.5. The standard InChI is InChI=1S/C82H146N2O39/c1-4-6-8-10-12-14-16-18-19-20-21-23-25-27-29-31-33-35-56(97)84-46(47(92)34-32-30-28-26-24-22-17-15-13-11-9-7-5-2)44-112-76-65(105)64(104)68(54(42-89)115-76)117-78-67(107)74(123-82(80(110)111)37-49(94)59(99)72(121-82)61(101)51(96)39-86)69(55(43-90)116-78)118-75-57(83-45(3)91)70(62(102)52(40-87)113-75)119-77-66(106)73(63(103)53(41-88)114-77)122-81(79(108)109)36-48(93)58(98)71(120-81)60(100)50(95)38-85/h32,34,46-55,57-78,85-90,92-96,98-107H,4-31,33,35-44H2,1-3H3,(H,83,91)(H,84,97)(H,108,109)(H,110,111)/b34-32+/t46-,47+,48?,49?,50+,51+,52?,53?,54?,55?,57?,58+,59+,60+,61+,62-,63-,64+,65?,66?,67?,68+,69-,70+,71?,72?,73-,74+,75-,76+,77-,78-,81-,82-/m0/s1. The van der Waals surface area contributed by atoms with Crippen molar-refractivity contribution in [1.29, 1.82) is 0 Å². The van der Waals surface area contributed by atoms with E-state index in [0.717, 1.165) is 71.1 Å². The fraction of sp³-hybridized carbons (Fsp3) is 0.927. The van der Waals surface area contributed by atoms with Crippen molar-refractivity contribution in [2.45, 2.75) is 434 Å². The van der Waals surface area contributed by atoms with Crippen LogP contribution in [0.1, 0.15) is 226 Å². The summed E-state index contributed by atoms with van der Waals surface area (Å²) in [6.07, 6.45) is -34.1. The molecular formula is C82H146N2O39. The van der Waals surface area contributed by atoms with E-state index in [4.69, 9.17) is 56.8 Å². The average Bonchev–Trinajstić information content (AvgIpc) is 0.751. The minimum Gasteiger partial charge on any atom is -0.477 e. The first-order chi connectivity index (χ1) is 58.8. The highest BCUT2D eigenvalue weighted by Gasteiger charge is 2.64. The van der Waals surface area contributed by atoms with Gasteiger partial charge in [0.1, 0.15) is 146 Å². The summed E-state index contributed by atoms with van der Waals surface area (Å²) < 4.78 is 71.3. The van der Waals surface area contributed by atoms with Gasteiger partial charge < -0.3 is 185 Å². The first kappa shape index (κ1) is 108. The molecule has 123 heavy (non-hydrogen) atoms. The van der Waals surface area contributed by atoms with Gasteiger partial charge in [-0.15, -0.1) is 0 Å². The molecule has 6 heterocycles. The zero-order chi connectivity index (χ0) is 90.7. The molecule has 41 nitrogen and oxygen atoms in total. The van der Waals surface area contributed by atoms with Crippen LogP contribution in [0.15, 0.2) is 12.2 Å². The molecule has 12 unspecified atom stereocenters. The Hall–Kier alpha value is -3.70. The highest BCUT2D eigenvalue weighted by atomic mass is 16.8. The SMILES string of the molecule is CCCCCCCCCCCCC/C=C/[C@@H](O)[C@H](CO[C@@H]1OC(CO)[C@@H](O[C@@H]2OC(CO)[C@H](O[C@@H]3OC(CO)[C@H](O)[C@H](O[C@@H]4OC(CO)[C@H](O)[C@H](O[C@]5(C(=O)O)CC(O)[C@@H](O)C([C@H](O)[C@H](O)CO)O5)C4O)C3NC(C)=O)[C@H](O[C@]3(C(=O)O)CC(O)[C@@H](O)C([C@H](O)[C@H](O)CO)O3)C2O)[C@H](O)C1O)NC(=O)CCCCCCCCCCCCCCCCCCC. The number of rotatable bonds is 59. The minimum atomic E-state index is -3.49. The number of aliphatic hydroxyl groups excluding tert-OH is 21. The number of hydrogen-bond acceptors (Lipinski definition) is 37. The third-order valence-electron chi connectivity index (χ3n) is 23.8. The molecule has 0 radical (unpaired) electrons. The molecule has 34 atom stereocenters. The predicted octanol–water partition coefficient (Wildman–Crippen LogP) is -3.38. The molecule has 6 fully saturated rings. The molecule has 718 valence electrons. The molecule has 6 aliphatic heterocycles. The number of hydrogen-bond donors (Lipinski definition) is 25. The number of aliphatic hydroxyl groups is 21. The summed E-state index contributed by atoms with van der Waals surface area (Å²) in [6.45, 7) is -2.66. The number of carbonyl (C=O) groups is 4. The Morgan fingerprint density at radius 1 is 0.423 bits per heavy atom. The molecule has 6 saturated heterocycles. The molecule has 0 aromatic rings. The largest absolute Gasteiger partial charge is 0.477 e. The number of carboxylic acid groups (broad SMARTS) is 2. The van der Waals surface area contributed by atoms with Crippen LogP contribution in [0.3, 0.4) is 0 Å². The summed E-state index contributed by atoms with van der Waals surface area (Å²) in [4.78, 5) is 54.0. The van der Waals surface area contributed by atoms with Gasteiger partial charge in [-0.25, -0.2) is 9.59 Å². The number of unbranched alkanes of at least 4 members (excludes halogenated alkanes) is 27. The third kappa shape index (κ3) is 31.5. The summed E-state index contributed by atoms with van der Waals surface area (Å²) in [6, 6.07) is -3.32. The van der Waals surface area contributed by atoms with Gasteiger partial charge in [-0.1, -0.05) is 193 Å². The van der Waals surface area contributed by atoms with Crippen LogP contribution in [0.5, 0.6) is 0 Å². The van der Waals surface area contributed by atoms with Crippen molar-refractivity contribution in [2.75, 3.05) is 46.2 Å². The van der Waals surface area contributed by atoms with Gasteiger partial charge in [-0.3, -0.25) is 9.59 Å². The van der Waals surface area contributed by atoms with Gasteiger partial charge >= 0.3 is 11.9 Å². The summed E-state index contributed by atoms with van der Waals surface area (Å²) in [5, 5.41) is 261. The van der Waals surface area contributed by atoms with Crippen molar-refractivity contribution in [3.8, 4) is 0 Å². The maximum Gasteiger partial charge on any atom is 0.364 e. The van der Waals surface area contributed by atoms with E-state index in [2.05, 4.69) is 24.5 Å². The van der Waals surface area contributed by atoms with Crippen LogP contribution in [-0.4, -0.2) is 395 Å². The number of aliphatic carboxylic acids is 2. The Balaban J connectivity index is 1.25. The van der Waals surface area contributed by atoms with E-state index >= 15 is 0 Å². The van der Waals surface area contributed by atoms with Crippen LogP contribution in [0, 0.1) is 0 Å². The quantitative estimate of drug-likeness (QED) is 0.0209. The number of carbonyl (C=O) groups excluding carboxylic acids is 2. The van der Waals surface area contributed by atoms with E-state index < -0.39 is 290 Å². The fourth-order valence-electron chi connectivity index (χ4n) is 16.4. The van der Waals surface area contributed by atoms with Crippen LogP contribution in [0.4, 0.5) is 0 Å². The van der Waals surface area contributed by atoms with Gasteiger partial charge in [0, 0.05) is 26.2 Å². The summed E-state index contributed by atoms with van der Waals surface area (Å²) in [5.74, 6) is -12.7. The van der Waals surface area contributed by atoms with Crippen LogP contribution >= 0.6 is 0 Å². The Labute approximate surface area is 717 Å². The minimum absolute atomic E-state index is 0.102. The molecular weight excluding hydrogens is 1640 g/mol. The molecule has 0 saturated carbocycles. The highest BCUT2D eigenvalue weighted by molar-refractivity contribution is 5.77. The van der Waals surface area contributed by atoms with Gasteiger partial charge in [-0.2, -0.15) is 0 Å². The second-order valence-electron chi connectivity index (χ2n) is 33.5. The van der Waals surface area contributed by atoms with Crippen LogP contribution in [-0.2, 0) is 76.0 Å². The maximum atomic E-state index is 13.8. The Kier molecular flexibility index (Phi) is 48.7. The number of amides is 2. The lowest BCUT2D eigenvalue weighted by Crippen LogP contribution is -2.72. The van der Waals surface area contributed by atoms with E-state index in [-0.39, 0.29) is 6.42 Å². The Bertz CT molecular complexity index is 2980. The predicted molar refractivity (Wildman–Crippen MR) is 426 cm³/mol. The molecule has 41 heteroatoms. The summed E-state index contributed by atoms with van der Waals surface area (Å²) in [7, 11) is 0. The molecule has 0 aromatic heterocycles. The van der Waals surface area contributed by atoms with E-state index in [1.54, 1.807) is 6.08 Å². The fourth-order valence-corrected chi connectivity index (χ4v) is 16.4. The first-order valence-electron chi connectivity index (χ1n) is 44.3. The number of ether oxygens (including phenoxy) is 12. The molecule has 6 rings (SSSR count). The van der Waals surface area contributed by atoms with E-state index in [1.807, 2.05) is 0 Å². The van der Waals surface area contributed by atoms with E-state index in [9.17, 15) is 137 Å². The Morgan fingerprint density at radius 2 is 0.797 bits per heavy atom. The first-order valence-corrected chi connectivity index (χ1v) is 44.3. The maximum absolute atomic E-state index is 13.8. The zero-order valence-electron chi connectivity index (χ0n) is 71.0. The normalized spacial score (nSPS) is 36.0. The monoisotopic (exact) mass is 1780 g/mol. The Morgan fingerprint density at radius 3 is 1.23 bits per heavy atom. The van der Waals surface area contributed by atoms with Gasteiger partial charge in [0.25, 0.3) is 11.6 Å². The molecule has 0 bridgehead atoms. The van der Waals surface area contributed by atoms with Crippen molar-refractivity contribution in [3.05, 3.63) is 12.2 Å². The molecule has 0 aliphatic carbocycles. The second-order valence-corrected chi connectivity index (χ2v) is 33.5. The lowest BCUT2D eigenvalue weighted by atomic mass is 9.90. The van der Waals surface area contributed by atoms with Crippen molar-refractivity contribution in [2.24, 2.45) is 0 Å². The highest BCUT2D eigenvalue weighted by Crippen LogP contribution is 2.43. The van der Waals surface area contributed by atoms with Crippen LogP contribution < -0.4 is 10.6 Å². The number of nitrogens with one attached hydrogen (secondary N) is 2. The van der Waals surface area contributed by atoms with Crippen LogP contribution in [0.2, 0.25) is 0 Å². The third-order valence-corrected chi connectivity index (χ3v) is 23.8. The lowest BCUT2D eigenvalue weighted by molar-refractivity contribution is -0.407. The van der Waals surface area contributed by atoms with Crippen molar-refractivity contribution >= 4 is 23.8 Å². The lowest BCUT2D eigenvalue weighted by Gasteiger charge is -2.52. The van der Waals surface area contributed by atoms with Gasteiger partial charge in [0.2, 0.25) is 11.8 Å². The molecule has 0 spiro atoms. The van der Waals surface area contributed by atoms with Crippen molar-refractivity contribution < 1.29 is 193 Å². The topological polar surface area (TPSA) is 668 Å². The summed E-state index contributed by atoms with van der Waals surface area (Å²) in [5.41, 5.74) is 0. The van der Waals surface area contributed by atoms with Crippen molar-refractivity contribution in [3.63, 3.8) is 0 Å². The van der Waals surface area contributed by atoms with Crippen molar-refractivity contribution in [1.82, 2.24) is 10.6 Å². The molecule has 2 amide bonds. The smallest absolute Gasteiger partial charge is 0.364 e. The van der Waals surface area contributed by atoms with Gasteiger partial charge in [0.05, 0.1) is 70.6 Å². The molecule has 6 aliphatic rings. The zero-order valence-corrected chi connectivity index (χ0v) is 71.0. The van der Waals surface area contributed by atoms with Crippen LogP contribution in [0.25, 0.3) is 0 Å². The molecule has 25 N–H and O–H groups in total. The van der Waals surface area contributed by atoms with E-state index in [1.165, 1.54) is 115 Å².